The molecule has 7 heteroatoms. The number of benzene rings is 1. The van der Waals surface area contributed by atoms with E-state index in [0.717, 1.165) is 77.7 Å². The van der Waals surface area contributed by atoms with E-state index in [-0.39, 0.29) is 11.7 Å². The van der Waals surface area contributed by atoms with Crippen LogP contribution in [0.2, 0.25) is 0 Å². The summed E-state index contributed by atoms with van der Waals surface area (Å²) in [5, 5.41) is 4.31. The molecule has 0 atom stereocenters. The Bertz CT molecular complexity index is 1320. The molecular weight excluding hydrogens is 400 g/mol. The molecule has 1 N–H and O–H groups in total. The van der Waals surface area contributed by atoms with Crippen molar-refractivity contribution in [1.82, 2.24) is 29.0 Å². The number of H-pyrrole nitrogens is 1. The van der Waals surface area contributed by atoms with Crippen LogP contribution in [0.5, 0.6) is 0 Å². The molecule has 32 heavy (non-hydrogen) atoms. The zero-order valence-corrected chi connectivity index (χ0v) is 19.4. The minimum absolute atomic E-state index is 0.00532. The van der Waals surface area contributed by atoms with Crippen LogP contribution in [-0.2, 0) is 0 Å². The lowest BCUT2D eigenvalue weighted by Gasteiger charge is -2.36. The molecule has 168 valence electrons. The van der Waals surface area contributed by atoms with E-state index in [9.17, 15) is 4.79 Å². The lowest BCUT2D eigenvalue weighted by atomic mass is 9.89. The third-order valence-corrected chi connectivity index (χ3v) is 7.29. The Morgan fingerprint density at radius 2 is 1.81 bits per heavy atom. The third-order valence-electron chi connectivity index (χ3n) is 7.29. The van der Waals surface area contributed by atoms with Gasteiger partial charge in [-0.1, -0.05) is 13.8 Å². The van der Waals surface area contributed by atoms with Gasteiger partial charge < -0.3 is 9.88 Å². The van der Waals surface area contributed by atoms with E-state index >= 15 is 0 Å². The van der Waals surface area contributed by atoms with Gasteiger partial charge in [-0.2, -0.15) is 5.10 Å². The van der Waals surface area contributed by atoms with E-state index in [1.165, 1.54) is 0 Å². The number of nitrogens with one attached hydrogen (secondary N) is 1. The van der Waals surface area contributed by atoms with Gasteiger partial charge in [0.15, 0.2) is 5.65 Å². The quantitative estimate of drug-likeness (QED) is 0.505. The highest BCUT2D eigenvalue weighted by atomic mass is 16.1. The minimum Gasteiger partial charge on any atom is -0.306 e. The SMILES string of the molecule is CCN(CC)[C@H]1CC[C@@H](n2c(=O)[nH]c3cc(-c4cc(C)c5ncnn5c4)c(C)cc32)CC1. The smallest absolute Gasteiger partial charge is 0.306 e. The molecule has 7 nitrogen and oxygen atoms in total. The van der Waals surface area contributed by atoms with Crippen LogP contribution in [0.25, 0.3) is 27.8 Å². The van der Waals surface area contributed by atoms with Gasteiger partial charge in [0.1, 0.15) is 6.33 Å². The van der Waals surface area contributed by atoms with Crippen LogP contribution in [0.1, 0.15) is 56.7 Å². The molecule has 0 aliphatic heterocycles. The number of fused-ring (bicyclic) bond motifs is 2. The average Bonchev–Trinajstić information content (AvgIpc) is 3.38. The summed E-state index contributed by atoms with van der Waals surface area (Å²) in [6.45, 7) is 10.8. The predicted molar refractivity (Wildman–Crippen MR) is 128 cm³/mol. The summed E-state index contributed by atoms with van der Waals surface area (Å²) in [6.07, 6.45) is 8.00. The maximum atomic E-state index is 13.0. The number of pyridine rings is 1. The molecule has 4 aromatic rings. The van der Waals surface area contributed by atoms with Crippen LogP contribution in [0.4, 0.5) is 0 Å². The van der Waals surface area contributed by atoms with Gasteiger partial charge >= 0.3 is 5.69 Å². The Morgan fingerprint density at radius 1 is 1.06 bits per heavy atom. The second kappa shape index (κ2) is 8.20. The molecule has 0 amide bonds. The predicted octanol–water partition coefficient (Wildman–Crippen LogP) is 4.48. The summed E-state index contributed by atoms with van der Waals surface area (Å²) in [5.74, 6) is 0. The number of hydrogen-bond acceptors (Lipinski definition) is 4. The Balaban J connectivity index is 1.50. The fourth-order valence-corrected chi connectivity index (χ4v) is 5.61. The molecular formula is C25H32N6O. The van der Waals surface area contributed by atoms with E-state index in [0.29, 0.717) is 6.04 Å². The van der Waals surface area contributed by atoms with Crippen molar-refractivity contribution in [3.05, 3.63) is 52.3 Å². The molecule has 3 aromatic heterocycles. The Kier molecular flexibility index (Phi) is 5.37. The summed E-state index contributed by atoms with van der Waals surface area (Å²) >= 11 is 0. The molecule has 0 saturated heterocycles. The highest BCUT2D eigenvalue weighted by molar-refractivity contribution is 5.84. The molecule has 1 fully saturated rings. The Labute approximate surface area is 188 Å². The van der Waals surface area contributed by atoms with E-state index in [2.05, 4.69) is 58.9 Å². The maximum Gasteiger partial charge on any atom is 0.326 e. The first-order valence-electron chi connectivity index (χ1n) is 11.8. The molecule has 0 radical (unpaired) electrons. The molecule has 1 aliphatic carbocycles. The number of aromatic nitrogens is 5. The number of hydrogen-bond donors (Lipinski definition) is 1. The minimum atomic E-state index is 0.00532. The first-order valence-corrected chi connectivity index (χ1v) is 11.8. The zero-order valence-electron chi connectivity index (χ0n) is 19.4. The van der Waals surface area contributed by atoms with Crippen LogP contribution in [0.15, 0.2) is 35.5 Å². The Hall–Kier alpha value is -2.93. The molecule has 0 spiro atoms. The first-order chi connectivity index (χ1) is 15.5. The lowest BCUT2D eigenvalue weighted by Crippen LogP contribution is -2.39. The lowest BCUT2D eigenvalue weighted by molar-refractivity contribution is 0.150. The molecule has 3 heterocycles. The number of imidazole rings is 1. The number of nitrogens with zero attached hydrogens (tertiary/aromatic N) is 5. The van der Waals surface area contributed by atoms with Gasteiger partial charge in [-0.15, -0.1) is 0 Å². The summed E-state index contributed by atoms with van der Waals surface area (Å²) < 4.78 is 3.83. The Morgan fingerprint density at radius 3 is 2.53 bits per heavy atom. The highest BCUT2D eigenvalue weighted by Gasteiger charge is 2.27. The van der Waals surface area contributed by atoms with Crippen molar-refractivity contribution in [1.29, 1.82) is 0 Å². The van der Waals surface area contributed by atoms with Crippen LogP contribution in [0.3, 0.4) is 0 Å². The van der Waals surface area contributed by atoms with Gasteiger partial charge in [0.25, 0.3) is 0 Å². The van der Waals surface area contributed by atoms with Crippen molar-refractivity contribution in [3.63, 3.8) is 0 Å². The maximum absolute atomic E-state index is 13.0. The number of rotatable bonds is 5. The fourth-order valence-electron chi connectivity index (χ4n) is 5.61. The van der Waals surface area contributed by atoms with Crippen molar-refractivity contribution in [2.75, 3.05) is 13.1 Å². The van der Waals surface area contributed by atoms with Gasteiger partial charge in [-0.05, 0) is 87.5 Å². The molecule has 0 bridgehead atoms. The monoisotopic (exact) mass is 432 g/mol. The van der Waals surface area contributed by atoms with Gasteiger partial charge in [-0.25, -0.2) is 14.3 Å². The topological polar surface area (TPSA) is 71.2 Å². The van der Waals surface area contributed by atoms with Gasteiger partial charge in [0.2, 0.25) is 0 Å². The fraction of sp³-hybridized carbons (Fsp3) is 0.480. The van der Waals surface area contributed by atoms with E-state index < -0.39 is 0 Å². The average molecular weight is 433 g/mol. The summed E-state index contributed by atoms with van der Waals surface area (Å²) in [6, 6.07) is 7.33. The van der Waals surface area contributed by atoms with Crippen LogP contribution in [-0.4, -0.2) is 48.2 Å². The molecule has 1 saturated carbocycles. The third kappa shape index (κ3) is 3.45. The molecule has 0 unspecified atom stereocenters. The molecule has 1 aliphatic rings. The normalized spacial score (nSPS) is 19.4. The van der Waals surface area contributed by atoms with E-state index in [1.54, 1.807) is 6.33 Å². The number of aryl methyl sites for hydroxylation is 2. The largest absolute Gasteiger partial charge is 0.326 e. The van der Waals surface area contributed by atoms with Crippen molar-refractivity contribution < 1.29 is 0 Å². The standard InChI is InChI=1S/C25H32N6O/c1-5-29(6-2)19-7-9-20(10-8-19)31-23-12-16(3)21(13-22(23)28-25(31)32)18-11-17(4)24-26-15-27-30(24)14-18/h11-15,19-20H,5-10H2,1-4H3,(H,28,32)/t19-,20+. The van der Waals surface area contributed by atoms with E-state index in [4.69, 9.17) is 0 Å². The first kappa shape index (κ1) is 20.9. The molecule has 1 aromatic carbocycles. The van der Waals surface area contributed by atoms with E-state index in [1.807, 2.05) is 22.2 Å². The van der Waals surface area contributed by atoms with Crippen LogP contribution >= 0.6 is 0 Å². The van der Waals surface area contributed by atoms with Crippen LogP contribution < -0.4 is 5.69 Å². The van der Waals surface area contributed by atoms with Crippen molar-refractivity contribution in [2.24, 2.45) is 0 Å². The van der Waals surface area contributed by atoms with Crippen LogP contribution in [0, 0.1) is 13.8 Å². The second-order valence-corrected chi connectivity index (χ2v) is 9.11. The zero-order chi connectivity index (χ0) is 22.4. The summed E-state index contributed by atoms with van der Waals surface area (Å²) in [7, 11) is 0. The van der Waals surface area contributed by atoms with Crippen molar-refractivity contribution in [2.45, 2.75) is 65.5 Å². The van der Waals surface area contributed by atoms with Crippen molar-refractivity contribution >= 4 is 16.7 Å². The van der Waals surface area contributed by atoms with Gasteiger partial charge in [-0.3, -0.25) is 4.57 Å². The second-order valence-electron chi connectivity index (χ2n) is 9.11. The van der Waals surface area contributed by atoms with Crippen molar-refractivity contribution in [3.8, 4) is 11.1 Å². The molecule has 5 rings (SSSR count). The highest BCUT2D eigenvalue weighted by Crippen LogP contribution is 2.34. The summed E-state index contributed by atoms with van der Waals surface area (Å²) in [4.78, 5) is 23.0. The number of aromatic amines is 1. The van der Waals surface area contributed by atoms with Gasteiger partial charge in [0.05, 0.1) is 11.0 Å². The van der Waals surface area contributed by atoms with Gasteiger partial charge in [0, 0.05) is 23.8 Å². The summed E-state index contributed by atoms with van der Waals surface area (Å²) in [5.41, 5.74) is 7.21.